The van der Waals surface area contributed by atoms with Gasteiger partial charge >= 0.3 is 0 Å². The fourth-order valence-corrected chi connectivity index (χ4v) is 1.55. The van der Waals surface area contributed by atoms with E-state index in [9.17, 15) is 13.6 Å². The molecule has 2 aromatic carbocycles. The molecule has 5 heteroatoms. The monoisotopic (exact) mass is 263 g/mol. The van der Waals surface area contributed by atoms with Gasteiger partial charge in [-0.1, -0.05) is 6.07 Å². The van der Waals surface area contributed by atoms with Gasteiger partial charge < -0.3 is 10.1 Å². The highest BCUT2D eigenvalue weighted by molar-refractivity contribution is 6.04. The third kappa shape index (κ3) is 3.07. The van der Waals surface area contributed by atoms with E-state index in [1.807, 2.05) is 0 Å². The highest BCUT2D eigenvalue weighted by Crippen LogP contribution is 2.18. The molecule has 0 aromatic heterocycles. The average Bonchev–Trinajstić information content (AvgIpc) is 2.43. The Morgan fingerprint density at radius 1 is 1.16 bits per heavy atom. The summed E-state index contributed by atoms with van der Waals surface area (Å²) in [6, 6.07) is 9.23. The fourth-order valence-electron chi connectivity index (χ4n) is 1.55. The molecule has 0 unspecified atom stereocenters. The minimum absolute atomic E-state index is 0.201. The van der Waals surface area contributed by atoms with Crippen LogP contribution in [0.3, 0.4) is 0 Å². The lowest BCUT2D eigenvalue weighted by Crippen LogP contribution is -2.13. The minimum atomic E-state index is -0.697. The maximum atomic E-state index is 13.4. The molecule has 2 rings (SSSR count). The van der Waals surface area contributed by atoms with Crippen LogP contribution in [0.25, 0.3) is 0 Å². The summed E-state index contributed by atoms with van der Waals surface area (Å²) in [5.41, 5.74) is 0.0934. The van der Waals surface area contributed by atoms with Crippen LogP contribution in [-0.2, 0) is 0 Å². The topological polar surface area (TPSA) is 38.3 Å². The number of halogens is 2. The lowest BCUT2D eigenvalue weighted by atomic mass is 10.2. The quantitative estimate of drug-likeness (QED) is 0.923. The third-order valence-electron chi connectivity index (χ3n) is 2.51. The zero-order chi connectivity index (χ0) is 13.8. The van der Waals surface area contributed by atoms with E-state index in [1.54, 1.807) is 18.2 Å². The number of carbonyl (C=O) groups is 1. The number of rotatable bonds is 3. The van der Waals surface area contributed by atoms with Crippen molar-refractivity contribution >= 4 is 11.6 Å². The van der Waals surface area contributed by atoms with Crippen LogP contribution >= 0.6 is 0 Å². The van der Waals surface area contributed by atoms with Crippen molar-refractivity contribution in [1.29, 1.82) is 0 Å². The number of amides is 1. The Bertz CT molecular complexity index is 614. The van der Waals surface area contributed by atoms with Crippen molar-refractivity contribution in [2.45, 2.75) is 0 Å². The molecule has 1 N–H and O–H groups in total. The molecule has 1 amide bonds. The van der Waals surface area contributed by atoms with E-state index in [2.05, 4.69) is 5.32 Å². The van der Waals surface area contributed by atoms with Crippen LogP contribution in [0, 0.1) is 11.6 Å². The van der Waals surface area contributed by atoms with Gasteiger partial charge in [0, 0.05) is 11.6 Å². The first-order chi connectivity index (χ1) is 9.10. The van der Waals surface area contributed by atoms with E-state index in [4.69, 9.17) is 4.74 Å². The van der Waals surface area contributed by atoms with Crippen molar-refractivity contribution in [3.63, 3.8) is 0 Å². The van der Waals surface area contributed by atoms with E-state index >= 15 is 0 Å². The Kier molecular flexibility index (Phi) is 3.75. The summed E-state index contributed by atoms with van der Waals surface area (Å²) < 4.78 is 31.3. The molecule has 2 aromatic rings. The molecule has 19 heavy (non-hydrogen) atoms. The van der Waals surface area contributed by atoms with Crippen molar-refractivity contribution in [1.82, 2.24) is 0 Å². The molecule has 0 aliphatic heterocycles. The molecule has 0 radical (unpaired) electrons. The van der Waals surface area contributed by atoms with Gasteiger partial charge in [0.2, 0.25) is 0 Å². The average molecular weight is 263 g/mol. The zero-order valence-corrected chi connectivity index (χ0v) is 10.1. The first-order valence-electron chi connectivity index (χ1n) is 5.50. The molecule has 0 fully saturated rings. The summed E-state index contributed by atoms with van der Waals surface area (Å²) in [6.07, 6.45) is 0. The highest BCUT2D eigenvalue weighted by atomic mass is 19.1. The van der Waals surface area contributed by atoms with Gasteiger partial charge in [0.05, 0.1) is 12.8 Å². The molecule has 0 spiro atoms. The third-order valence-corrected chi connectivity index (χ3v) is 2.51. The molecule has 0 aliphatic carbocycles. The highest BCUT2D eigenvalue weighted by Gasteiger charge is 2.10. The van der Waals surface area contributed by atoms with E-state index in [0.717, 1.165) is 18.2 Å². The normalized spacial score (nSPS) is 10.1. The number of benzene rings is 2. The Balaban J connectivity index is 2.22. The molecule has 0 bridgehead atoms. The van der Waals surface area contributed by atoms with E-state index < -0.39 is 17.5 Å². The Morgan fingerprint density at radius 3 is 2.68 bits per heavy atom. The summed E-state index contributed by atoms with van der Waals surface area (Å²) in [5.74, 6) is -1.35. The maximum Gasteiger partial charge on any atom is 0.255 e. The van der Waals surface area contributed by atoms with Gasteiger partial charge in [-0.2, -0.15) is 0 Å². The van der Waals surface area contributed by atoms with E-state index in [0.29, 0.717) is 11.3 Å². The van der Waals surface area contributed by atoms with Crippen LogP contribution < -0.4 is 10.1 Å². The van der Waals surface area contributed by atoms with Crippen LogP contribution in [0.5, 0.6) is 5.75 Å². The largest absolute Gasteiger partial charge is 0.497 e. The standard InChI is InChI=1S/C14H11F2NO2/c1-19-11-4-2-3-9(7-11)14(18)17-13-8-10(15)5-6-12(13)16/h2-8H,1H3,(H,17,18). The predicted molar refractivity (Wildman–Crippen MR) is 67.3 cm³/mol. The molecular formula is C14H11F2NO2. The van der Waals surface area contributed by atoms with Gasteiger partial charge in [-0.3, -0.25) is 4.79 Å². The second-order valence-electron chi connectivity index (χ2n) is 3.81. The molecule has 0 heterocycles. The zero-order valence-electron chi connectivity index (χ0n) is 10.1. The summed E-state index contributed by atoms with van der Waals surface area (Å²) in [7, 11) is 1.48. The van der Waals surface area contributed by atoms with E-state index in [1.165, 1.54) is 13.2 Å². The van der Waals surface area contributed by atoms with Gasteiger partial charge in [-0.15, -0.1) is 0 Å². The maximum absolute atomic E-state index is 13.4. The van der Waals surface area contributed by atoms with Gasteiger partial charge in [-0.25, -0.2) is 8.78 Å². The summed E-state index contributed by atoms with van der Waals surface area (Å²) >= 11 is 0. The summed E-state index contributed by atoms with van der Waals surface area (Å²) in [5, 5.41) is 2.31. The molecule has 0 atom stereocenters. The molecular weight excluding hydrogens is 252 g/mol. The number of hydrogen-bond donors (Lipinski definition) is 1. The van der Waals surface area contributed by atoms with Crippen molar-refractivity contribution in [2.75, 3.05) is 12.4 Å². The first kappa shape index (κ1) is 13.0. The molecule has 0 aliphatic rings. The van der Waals surface area contributed by atoms with Crippen molar-refractivity contribution < 1.29 is 18.3 Å². The number of hydrogen-bond acceptors (Lipinski definition) is 2. The van der Waals surface area contributed by atoms with Crippen LogP contribution in [-0.4, -0.2) is 13.0 Å². The van der Waals surface area contributed by atoms with E-state index in [-0.39, 0.29) is 5.69 Å². The van der Waals surface area contributed by atoms with Gasteiger partial charge in [0.25, 0.3) is 5.91 Å². The van der Waals surface area contributed by atoms with Crippen LogP contribution in [0.15, 0.2) is 42.5 Å². The Labute approximate surface area is 108 Å². The van der Waals surface area contributed by atoms with Crippen LogP contribution in [0.2, 0.25) is 0 Å². The van der Waals surface area contributed by atoms with Crippen molar-refractivity contribution in [2.24, 2.45) is 0 Å². The molecule has 0 saturated heterocycles. The molecule has 3 nitrogen and oxygen atoms in total. The van der Waals surface area contributed by atoms with Crippen molar-refractivity contribution in [3.05, 3.63) is 59.7 Å². The number of ether oxygens (including phenoxy) is 1. The van der Waals surface area contributed by atoms with Gasteiger partial charge in [-0.05, 0) is 30.3 Å². The lowest BCUT2D eigenvalue weighted by molar-refractivity contribution is 0.102. The fraction of sp³-hybridized carbons (Fsp3) is 0.0714. The Morgan fingerprint density at radius 2 is 1.95 bits per heavy atom. The number of nitrogens with one attached hydrogen (secondary N) is 1. The second-order valence-corrected chi connectivity index (χ2v) is 3.81. The number of methoxy groups -OCH3 is 1. The second kappa shape index (κ2) is 5.48. The van der Waals surface area contributed by atoms with Gasteiger partial charge in [0.15, 0.2) is 0 Å². The van der Waals surface area contributed by atoms with Gasteiger partial charge in [0.1, 0.15) is 17.4 Å². The van der Waals surface area contributed by atoms with Crippen molar-refractivity contribution in [3.8, 4) is 5.75 Å². The smallest absolute Gasteiger partial charge is 0.255 e. The first-order valence-corrected chi connectivity index (χ1v) is 5.50. The van der Waals surface area contributed by atoms with Crippen LogP contribution in [0.1, 0.15) is 10.4 Å². The summed E-state index contributed by atoms with van der Waals surface area (Å²) in [4.78, 5) is 11.9. The minimum Gasteiger partial charge on any atom is -0.497 e. The Hall–Kier alpha value is -2.43. The SMILES string of the molecule is COc1cccc(C(=O)Nc2cc(F)ccc2F)c1. The molecule has 0 saturated carbocycles. The number of carbonyl (C=O) groups excluding carboxylic acids is 1. The lowest BCUT2D eigenvalue weighted by Gasteiger charge is -2.07. The summed E-state index contributed by atoms with van der Waals surface area (Å²) in [6.45, 7) is 0. The number of anilines is 1. The van der Waals surface area contributed by atoms with Crippen LogP contribution in [0.4, 0.5) is 14.5 Å². The molecule has 98 valence electrons. The predicted octanol–water partition coefficient (Wildman–Crippen LogP) is 3.23.